The number of piperidine rings is 1. The summed E-state index contributed by atoms with van der Waals surface area (Å²) in [6, 6.07) is 6.17. The van der Waals surface area contributed by atoms with E-state index >= 15 is 0 Å². The molecule has 1 aliphatic heterocycles. The Morgan fingerprint density at radius 1 is 1.19 bits per heavy atom. The van der Waals surface area contributed by atoms with Gasteiger partial charge in [0.05, 0.1) is 5.69 Å². The molecule has 0 spiro atoms. The first-order valence-electron chi connectivity index (χ1n) is 11.1. The van der Waals surface area contributed by atoms with E-state index in [1.54, 1.807) is 12.1 Å². The van der Waals surface area contributed by atoms with Crippen LogP contribution in [-0.4, -0.2) is 41.3 Å². The van der Waals surface area contributed by atoms with E-state index in [4.69, 9.17) is 0 Å². The van der Waals surface area contributed by atoms with Gasteiger partial charge in [0.25, 0.3) is 5.91 Å². The summed E-state index contributed by atoms with van der Waals surface area (Å²) in [5.41, 5.74) is 1.51. The highest BCUT2D eigenvalue weighted by Gasteiger charge is 2.31. The molecule has 1 aromatic carbocycles. The molecule has 0 saturated carbocycles. The van der Waals surface area contributed by atoms with Crippen LogP contribution in [0.15, 0.2) is 24.3 Å². The highest BCUT2D eigenvalue weighted by atomic mass is 32.1. The van der Waals surface area contributed by atoms with Crippen LogP contribution in [0.4, 0.5) is 4.39 Å². The Morgan fingerprint density at radius 3 is 2.45 bits per heavy atom. The number of benzene rings is 1. The molecule has 3 rings (SSSR count). The van der Waals surface area contributed by atoms with Crippen molar-refractivity contribution in [2.45, 2.75) is 47.0 Å². The Bertz CT molecular complexity index is 902. The molecule has 1 saturated heterocycles. The highest BCUT2D eigenvalue weighted by molar-refractivity contribution is 7.17. The lowest BCUT2D eigenvalue weighted by molar-refractivity contribution is -0.126. The number of hydrogen-bond acceptors (Lipinski definition) is 4. The number of nitrogens with one attached hydrogen (secondary N) is 1. The number of carbonyl (C=O) groups is 2. The SMILES string of the molecule is Cc1nc(-c2ccc(F)cc2)sc1C(=O)N1CCC(C(C)C(=O)NCCC(C)C)CC1. The van der Waals surface area contributed by atoms with E-state index in [-0.39, 0.29) is 23.5 Å². The molecule has 1 atom stereocenters. The summed E-state index contributed by atoms with van der Waals surface area (Å²) in [5, 5.41) is 3.78. The monoisotopic (exact) mass is 445 g/mol. The van der Waals surface area contributed by atoms with Crippen LogP contribution < -0.4 is 5.32 Å². The number of thiazole rings is 1. The zero-order valence-corrected chi connectivity index (χ0v) is 19.6. The standard InChI is InChI=1S/C24H32FN3O2S/c1-15(2)9-12-26-22(29)16(3)18-10-13-28(14-11-18)24(30)21-17(4)27-23(31-21)19-5-7-20(25)8-6-19/h5-8,15-16,18H,9-14H2,1-4H3,(H,26,29). The molecule has 0 bridgehead atoms. The van der Waals surface area contributed by atoms with Gasteiger partial charge in [-0.3, -0.25) is 9.59 Å². The fourth-order valence-corrected chi connectivity index (χ4v) is 4.96. The fourth-order valence-electron chi connectivity index (χ4n) is 3.92. The molecule has 2 amide bonds. The van der Waals surface area contributed by atoms with Gasteiger partial charge in [0.15, 0.2) is 0 Å². The van der Waals surface area contributed by atoms with Gasteiger partial charge >= 0.3 is 0 Å². The van der Waals surface area contributed by atoms with E-state index in [0.717, 1.165) is 36.4 Å². The summed E-state index contributed by atoms with van der Waals surface area (Å²) < 4.78 is 13.2. The Hall–Kier alpha value is -2.28. The fraction of sp³-hybridized carbons (Fsp3) is 0.542. The molecule has 2 heterocycles. The number of halogens is 1. The van der Waals surface area contributed by atoms with Crippen LogP contribution in [0, 0.1) is 30.5 Å². The maximum Gasteiger partial charge on any atom is 0.265 e. The van der Waals surface area contributed by atoms with Gasteiger partial charge in [-0.1, -0.05) is 20.8 Å². The Kier molecular flexibility index (Phi) is 7.81. The van der Waals surface area contributed by atoms with Gasteiger partial charge in [-0.25, -0.2) is 9.37 Å². The van der Waals surface area contributed by atoms with Gasteiger partial charge in [0.2, 0.25) is 5.91 Å². The summed E-state index contributed by atoms with van der Waals surface area (Å²) in [4.78, 5) is 32.6. The third kappa shape index (κ3) is 5.91. The molecule has 168 valence electrons. The smallest absolute Gasteiger partial charge is 0.265 e. The van der Waals surface area contributed by atoms with Crippen molar-refractivity contribution < 1.29 is 14.0 Å². The molecule has 1 aromatic heterocycles. The summed E-state index contributed by atoms with van der Waals surface area (Å²) in [6.07, 6.45) is 2.64. The topological polar surface area (TPSA) is 62.3 Å². The van der Waals surface area contributed by atoms with E-state index in [1.165, 1.54) is 23.5 Å². The molecule has 1 N–H and O–H groups in total. The predicted octanol–water partition coefficient (Wildman–Crippen LogP) is 4.91. The first-order valence-corrected chi connectivity index (χ1v) is 11.9. The van der Waals surface area contributed by atoms with E-state index in [1.807, 2.05) is 18.7 Å². The average molecular weight is 446 g/mol. The van der Waals surface area contributed by atoms with Crippen molar-refractivity contribution in [3.63, 3.8) is 0 Å². The molecule has 5 nitrogen and oxygen atoms in total. The number of aromatic nitrogens is 1. The molecule has 2 aromatic rings. The first kappa shape index (κ1) is 23.4. The molecule has 31 heavy (non-hydrogen) atoms. The molecule has 1 unspecified atom stereocenters. The van der Waals surface area contributed by atoms with Crippen LogP contribution in [0.2, 0.25) is 0 Å². The lowest BCUT2D eigenvalue weighted by Gasteiger charge is -2.34. The summed E-state index contributed by atoms with van der Waals surface area (Å²) in [7, 11) is 0. The highest BCUT2D eigenvalue weighted by Crippen LogP contribution is 2.31. The van der Waals surface area contributed by atoms with Crippen molar-refractivity contribution in [1.29, 1.82) is 0 Å². The van der Waals surface area contributed by atoms with E-state index in [2.05, 4.69) is 24.1 Å². The maximum atomic E-state index is 13.2. The van der Waals surface area contributed by atoms with Crippen molar-refractivity contribution in [1.82, 2.24) is 15.2 Å². The number of carbonyl (C=O) groups excluding carboxylic acids is 2. The predicted molar refractivity (Wildman–Crippen MR) is 123 cm³/mol. The van der Waals surface area contributed by atoms with Crippen molar-refractivity contribution in [3.8, 4) is 10.6 Å². The van der Waals surface area contributed by atoms with Crippen LogP contribution in [0.5, 0.6) is 0 Å². The number of aryl methyl sites for hydroxylation is 1. The van der Waals surface area contributed by atoms with Crippen LogP contribution in [0.3, 0.4) is 0 Å². The lowest BCUT2D eigenvalue weighted by atomic mass is 9.84. The van der Waals surface area contributed by atoms with Gasteiger partial charge in [-0.2, -0.15) is 0 Å². The van der Waals surface area contributed by atoms with Crippen molar-refractivity contribution in [2.24, 2.45) is 17.8 Å². The van der Waals surface area contributed by atoms with Crippen molar-refractivity contribution in [3.05, 3.63) is 40.7 Å². The molecular weight excluding hydrogens is 413 g/mol. The maximum absolute atomic E-state index is 13.2. The zero-order valence-electron chi connectivity index (χ0n) is 18.8. The van der Waals surface area contributed by atoms with Gasteiger partial charge in [0, 0.05) is 31.1 Å². The minimum absolute atomic E-state index is 0.00384. The van der Waals surface area contributed by atoms with Crippen LogP contribution in [-0.2, 0) is 4.79 Å². The largest absolute Gasteiger partial charge is 0.356 e. The third-order valence-electron chi connectivity index (χ3n) is 6.05. The Labute approximate surface area is 188 Å². The van der Waals surface area contributed by atoms with Gasteiger partial charge < -0.3 is 10.2 Å². The summed E-state index contributed by atoms with van der Waals surface area (Å²) >= 11 is 1.35. The molecule has 1 fully saturated rings. The van der Waals surface area contributed by atoms with Crippen LogP contribution in [0.1, 0.15) is 55.4 Å². The zero-order chi connectivity index (χ0) is 22.5. The van der Waals surface area contributed by atoms with E-state index < -0.39 is 0 Å². The quantitative estimate of drug-likeness (QED) is 0.659. The average Bonchev–Trinajstić information content (AvgIpc) is 3.14. The second-order valence-corrected chi connectivity index (χ2v) is 9.83. The second kappa shape index (κ2) is 10.4. The number of rotatable bonds is 7. The minimum atomic E-state index is -0.293. The van der Waals surface area contributed by atoms with E-state index in [9.17, 15) is 14.0 Å². The molecule has 0 aliphatic carbocycles. The summed E-state index contributed by atoms with van der Waals surface area (Å²) in [6.45, 7) is 10.2. The van der Waals surface area contributed by atoms with Gasteiger partial charge in [0.1, 0.15) is 15.7 Å². The molecular formula is C24H32FN3O2S. The minimum Gasteiger partial charge on any atom is -0.356 e. The first-order chi connectivity index (χ1) is 14.8. The van der Waals surface area contributed by atoms with Crippen molar-refractivity contribution >= 4 is 23.2 Å². The van der Waals surface area contributed by atoms with Crippen LogP contribution in [0.25, 0.3) is 10.6 Å². The number of likely N-dealkylation sites (tertiary alicyclic amines) is 1. The normalized spacial score (nSPS) is 15.9. The van der Waals surface area contributed by atoms with Crippen molar-refractivity contribution in [2.75, 3.05) is 19.6 Å². The molecule has 1 aliphatic rings. The second-order valence-electron chi connectivity index (χ2n) is 8.83. The van der Waals surface area contributed by atoms with E-state index in [0.29, 0.717) is 35.5 Å². The summed E-state index contributed by atoms with van der Waals surface area (Å²) in [5.74, 6) is 0.645. The van der Waals surface area contributed by atoms with Gasteiger partial charge in [-0.05, 0) is 62.3 Å². The van der Waals surface area contributed by atoms with Gasteiger partial charge in [-0.15, -0.1) is 11.3 Å². The molecule has 7 heteroatoms. The number of nitrogens with zero attached hydrogens (tertiary/aromatic N) is 2. The lowest BCUT2D eigenvalue weighted by Crippen LogP contribution is -2.42. The third-order valence-corrected chi connectivity index (χ3v) is 7.24. The Morgan fingerprint density at radius 2 is 1.84 bits per heavy atom. The number of amides is 2. The van der Waals surface area contributed by atoms with Crippen LogP contribution >= 0.6 is 11.3 Å². The Balaban J connectivity index is 1.57. The number of hydrogen-bond donors (Lipinski definition) is 1. The molecule has 0 radical (unpaired) electrons.